The molecule has 292 valence electrons. The molecular weight excluding hydrogens is 693 g/mol. The van der Waals surface area contributed by atoms with Gasteiger partial charge in [-0.15, -0.1) is 0 Å². The molecule has 3 N–H and O–H groups in total. The SMILES string of the molecule is C=CCOC(=O)Nc1cc(OCCCCCOc2cc(N)c(C(=O)N3CC[C@H]3CO[Si](C)(C)C(C)(C)C)cc2C)c(OC)cc1C(=O)N1CC[C@H]1CC. The average Bonchev–Trinajstić information content (AvgIpc) is 3.06. The molecule has 0 saturated carbocycles. The van der Waals surface area contributed by atoms with Crippen LogP contribution in [0.3, 0.4) is 0 Å². The minimum Gasteiger partial charge on any atom is -0.493 e. The van der Waals surface area contributed by atoms with Crippen molar-refractivity contribution in [1.29, 1.82) is 0 Å². The van der Waals surface area contributed by atoms with Gasteiger partial charge in [0.15, 0.2) is 19.8 Å². The fourth-order valence-corrected chi connectivity index (χ4v) is 7.07. The fourth-order valence-electron chi connectivity index (χ4n) is 6.03. The number of benzene rings is 2. The van der Waals surface area contributed by atoms with Crippen LogP contribution in [-0.4, -0.2) is 94.7 Å². The van der Waals surface area contributed by atoms with E-state index < -0.39 is 14.4 Å². The minimum absolute atomic E-state index is 0.0353. The first-order valence-corrected chi connectivity index (χ1v) is 21.7. The van der Waals surface area contributed by atoms with E-state index in [1.165, 1.54) is 13.2 Å². The third-order valence-electron chi connectivity index (χ3n) is 10.7. The van der Waals surface area contributed by atoms with Crippen molar-refractivity contribution >= 4 is 37.6 Å². The summed E-state index contributed by atoms with van der Waals surface area (Å²) in [5.74, 6) is 1.21. The number of unbranched alkanes of at least 4 members (excludes halogenated alkanes) is 2. The van der Waals surface area contributed by atoms with E-state index in [1.807, 2.05) is 24.8 Å². The normalized spacial score (nSPS) is 17.0. The molecule has 0 radical (unpaired) electrons. The van der Waals surface area contributed by atoms with Gasteiger partial charge in [-0.1, -0.05) is 40.3 Å². The van der Waals surface area contributed by atoms with Gasteiger partial charge in [0.1, 0.15) is 12.4 Å². The Morgan fingerprint density at radius 3 is 2.11 bits per heavy atom. The Morgan fingerprint density at radius 2 is 1.55 bits per heavy atom. The monoisotopic (exact) mass is 752 g/mol. The van der Waals surface area contributed by atoms with Gasteiger partial charge in [0, 0.05) is 37.0 Å². The van der Waals surface area contributed by atoms with E-state index in [9.17, 15) is 14.4 Å². The van der Waals surface area contributed by atoms with Gasteiger partial charge in [-0.05, 0) is 81.3 Å². The second-order valence-electron chi connectivity index (χ2n) is 15.4. The molecular formula is C40H60N4O8Si. The summed E-state index contributed by atoms with van der Waals surface area (Å²) in [6, 6.07) is 7.02. The molecule has 3 amide bonds. The molecule has 0 unspecified atom stereocenters. The lowest BCUT2D eigenvalue weighted by molar-refractivity contribution is 0.0314. The first kappa shape index (κ1) is 41.5. The number of nitrogens with two attached hydrogens (primary N) is 1. The van der Waals surface area contributed by atoms with Crippen LogP contribution in [0.1, 0.15) is 92.5 Å². The highest BCUT2D eigenvalue weighted by atomic mass is 28.4. The predicted octanol–water partition coefficient (Wildman–Crippen LogP) is 7.81. The Hall–Kier alpha value is -4.23. The number of hydrogen-bond donors (Lipinski definition) is 2. The first-order chi connectivity index (χ1) is 25.1. The standard InChI is InChI=1S/C40H60N4O8Si/c1-10-19-51-39(47)42-33-25-36(35(48-7)23-31(33)38(46)43-17-15-28(43)11-2)50-21-14-12-13-20-49-34-24-32(41)30(22-27(34)3)37(45)44-18-16-29(44)26-52-53(8,9)40(4,5)6/h10,22-25,28-29H,1,11-21,26,41H2,2-9H3,(H,42,47)/t28-,29+/m1/s1. The van der Waals surface area contributed by atoms with Crippen LogP contribution in [0.25, 0.3) is 0 Å². The number of nitrogens with one attached hydrogen (secondary N) is 1. The molecule has 13 heteroatoms. The van der Waals surface area contributed by atoms with E-state index in [1.54, 1.807) is 23.1 Å². The van der Waals surface area contributed by atoms with Gasteiger partial charge in [0.2, 0.25) is 0 Å². The van der Waals surface area contributed by atoms with Crippen LogP contribution in [0.4, 0.5) is 16.2 Å². The number of hydrogen-bond acceptors (Lipinski definition) is 9. The third kappa shape index (κ3) is 10.3. The Morgan fingerprint density at radius 1 is 0.925 bits per heavy atom. The number of nitrogen functional groups attached to an aromatic ring is 1. The number of anilines is 2. The maximum absolute atomic E-state index is 13.5. The van der Waals surface area contributed by atoms with Crippen LogP contribution in [0.15, 0.2) is 36.9 Å². The topological polar surface area (TPSA) is 142 Å². The molecule has 0 aliphatic carbocycles. The van der Waals surface area contributed by atoms with Gasteiger partial charge in [-0.2, -0.15) is 0 Å². The summed E-state index contributed by atoms with van der Waals surface area (Å²) in [7, 11) is -0.391. The second-order valence-corrected chi connectivity index (χ2v) is 20.2. The zero-order valence-electron chi connectivity index (χ0n) is 33.0. The molecule has 53 heavy (non-hydrogen) atoms. The lowest BCUT2D eigenvalue weighted by Gasteiger charge is -2.44. The molecule has 12 nitrogen and oxygen atoms in total. The molecule has 0 aromatic heterocycles. The average molecular weight is 753 g/mol. The lowest BCUT2D eigenvalue weighted by Crippen LogP contribution is -2.55. The van der Waals surface area contributed by atoms with Crippen molar-refractivity contribution in [1.82, 2.24) is 9.80 Å². The Bertz CT molecular complexity index is 1620. The summed E-state index contributed by atoms with van der Waals surface area (Å²) in [6.07, 6.45) is 5.83. The minimum atomic E-state index is -1.91. The van der Waals surface area contributed by atoms with E-state index >= 15 is 0 Å². The predicted molar refractivity (Wildman–Crippen MR) is 211 cm³/mol. The molecule has 2 fully saturated rings. The van der Waals surface area contributed by atoms with E-state index in [0.717, 1.165) is 44.1 Å². The van der Waals surface area contributed by atoms with Crippen molar-refractivity contribution in [2.24, 2.45) is 0 Å². The van der Waals surface area contributed by atoms with Gasteiger partial charge in [-0.3, -0.25) is 14.9 Å². The molecule has 2 saturated heterocycles. The lowest BCUT2D eigenvalue weighted by atomic mass is 9.98. The number of methoxy groups -OCH3 is 1. The number of aryl methyl sites for hydroxylation is 1. The maximum atomic E-state index is 13.5. The highest BCUT2D eigenvalue weighted by molar-refractivity contribution is 6.74. The van der Waals surface area contributed by atoms with Gasteiger partial charge >= 0.3 is 6.09 Å². The van der Waals surface area contributed by atoms with Gasteiger partial charge < -0.3 is 38.9 Å². The molecule has 4 rings (SSSR count). The number of amides is 3. The van der Waals surface area contributed by atoms with Crippen molar-refractivity contribution in [2.45, 2.75) is 103 Å². The number of carbonyl (C=O) groups excluding carboxylic acids is 3. The largest absolute Gasteiger partial charge is 0.493 e. The van der Waals surface area contributed by atoms with Crippen molar-refractivity contribution in [3.8, 4) is 17.2 Å². The van der Waals surface area contributed by atoms with Crippen molar-refractivity contribution in [3.05, 3.63) is 53.6 Å². The van der Waals surface area contributed by atoms with Crippen molar-refractivity contribution in [2.75, 3.05) is 57.7 Å². The molecule has 0 spiro atoms. The van der Waals surface area contributed by atoms with Crippen LogP contribution >= 0.6 is 0 Å². The van der Waals surface area contributed by atoms with Crippen LogP contribution < -0.4 is 25.3 Å². The molecule has 2 heterocycles. The van der Waals surface area contributed by atoms with Crippen LogP contribution in [0.5, 0.6) is 17.2 Å². The molecule has 2 atom stereocenters. The van der Waals surface area contributed by atoms with Crippen LogP contribution in [0.2, 0.25) is 18.1 Å². The summed E-state index contributed by atoms with van der Waals surface area (Å²) in [6.45, 7) is 21.5. The highest BCUT2D eigenvalue weighted by Gasteiger charge is 2.40. The van der Waals surface area contributed by atoms with E-state index in [2.05, 4.69) is 45.8 Å². The molecule has 2 aromatic carbocycles. The Labute approximate surface area is 316 Å². The number of rotatable bonds is 18. The number of ether oxygens (including phenoxy) is 4. The van der Waals surface area contributed by atoms with Gasteiger partial charge in [0.05, 0.1) is 49.8 Å². The van der Waals surface area contributed by atoms with E-state index in [-0.39, 0.29) is 41.2 Å². The fraction of sp³-hybridized carbons (Fsp3) is 0.575. The van der Waals surface area contributed by atoms with Crippen molar-refractivity contribution in [3.63, 3.8) is 0 Å². The molecule has 2 aliphatic rings. The molecule has 0 bridgehead atoms. The maximum Gasteiger partial charge on any atom is 0.411 e. The van der Waals surface area contributed by atoms with Gasteiger partial charge in [-0.25, -0.2) is 4.79 Å². The first-order valence-electron chi connectivity index (χ1n) is 18.8. The number of nitrogens with zero attached hydrogens (tertiary/aromatic N) is 2. The second kappa shape index (κ2) is 18.2. The molecule has 2 aliphatic heterocycles. The van der Waals surface area contributed by atoms with Crippen LogP contribution in [-0.2, 0) is 9.16 Å². The highest BCUT2D eigenvalue weighted by Crippen LogP contribution is 2.38. The third-order valence-corrected chi connectivity index (χ3v) is 15.2. The smallest absolute Gasteiger partial charge is 0.411 e. The zero-order chi connectivity index (χ0) is 38.9. The Balaban J connectivity index is 1.28. The summed E-state index contributed by atoms with van der Waals surface area (Å²) >= 11 is 0. The van der Waals surface area contributed by atoms with E-state index in [4.69, 9.17) is 29.1 Å². The van der Waals surface area contributed by atoms with Crippen LogP contribution in [0, 0.1) is 6.92 Å². The Kier molecular flexibility index (Phi) is 14.3. The number of carbonyl (C=O) groups is 3. The summed E-state index contributed by atoms with van der Waals surface area (Å²) in [4.78, 5) is 43.0. The van der Waals surface area contributed by atoms with Crippen molar-refractivity contribution < 1.29 is 37.8 Å². The summed E-state index contributed by atoms with van der Waals surface area (Å²) in [5.41, 5.74) is 8.74. The van der Waals surface area contributed by atoms with Gasteiger partial charge in [0.25, 0.3) is 11.8 Å². The zero-order valence-corrected chi connectivity index (χ0v) is 34.0. The van der Waals surface area contributed by atoms with E-state index in [0.29, 0.717) is 67.0 Å². The summed E-state index contributed by atoms with van der Waals surface area (Å²) in [5, 5.41) is 2.80. The summed E-state index contributed by atoms with van der Waals surface area (Å²) < 4.78 is 29.2. The quantitative estimate of drug-likeness (QED) is 0.0675. The number of likely N-dealkylation sites (tertiary alicyclic amines) is 2. The molecule has 2 aromatic rings.